The first-order valence-electron chi connectivity index (χ1n) is 6.95. The zero-order valence-corrected chi connectivity index (χ0v) is 12.3. The second-order valence-corrected chi connectivity index (χ2v) is 5.47. The molecule has 110 valence electrons. The van der Waals surface area contributed by atoms with Crippen molar-refractivity contribution in [2.24, 2.45) is 0 Å². The first-order chi connectivity index (χ1) is 10.2. The number of nitrogens with zero attached hydrogens (tertiary/aromatic N) is 5. The second kappa shape index (κ2) is 4.85. The van der Waals surface area contributed by atoms with Gasteiger partial charge in [-0.2, -0.15) is 9.97 Å². The number of aromatic nitrogens is 4. The minimum absolute atomic E-state index is 0.125. The maximum atomic E-state index is 6.12. The van der Waals surface area contributed by atoms with Gasteiger partial charge in [-0.1, -0.05) is 0 Å². The summed E-state index contributed by atoms with van der Waals surface area (Å²) in [5.41, 5.74) is 1.53. The number of fused-ring (bicyclic) bond motifs is 3. The summed E-state index contributed by atoms with van der Waals surface area (Å²) < 4.78 is 7.36. The van der Waals surface area contributed by atoms with Crippen molar-refractivity contribution >= 4 is 34.8 Å². The molecule has 0 amide bonds. The summed E-state index contributed by atoms with van der Waals surface area (Å²) in [5.74, 6) is 1.70. The number of imidazole rings is 1. The molecule has 2 aromatic heterocycles. The van der Waals surface area contributed by atoms with Crippen molar-refractivity contribution in [3.05, 3.63) is 17.3 Å². The molecule has 2 aliphatic rings. The van der Waals surface area contributed by atoms with E-state index in [1.165, 1.54) is 0 Å². The molecular weight excluding hydrogens is 292 g/mol. The molecule has 0 aromatic carbocycles. The van der Waals surface area contributed by atoms with Gasteiger partial charge in [0.25, 0.3) is 0 Å². The van der Waals surface area contributed by atoms with Crippen LogP contribution in [-0.4, -0.2) is 45.8 Å². The smallest absolute Gasteiger partial charge is 0.226 e. The predicted molar refractivity (Wildman–Crippen MR) is 80.2 cm³/mol. The van der Waals surface area contributed by atoms with E-state index < -0.39 is 0 Å². The van der Waals surface area contributed by atoms with E-state index in [4.69, 9.17) is 21.3 Å². The number of anilines is 1. The number of ether oxygens (including phenoxy) is 1. The molecule has 0 saturated carbocycles. The Morgan fingerprint density at radius 1 is 1.29 bits per heavy atom. The van der Waals surface area contributed by atoms with E-state index in [1.807, 2.05) is 17.0 Å². The van der Waals surface area contributed by atoms with E-state index in [0.29, 0.717) is 13.2 Å². The number of nitrogens with one attached hydrogen (secondary N) is 1. The van der Waals surface area contributed by atoms with E-state index in [1.54, 1.807) is 0 Å². The van der Waals surface area contributed by atoms with Crippen molar-refractivity contribution in [1.29, 1.82) is 0 Å². The molecule has 2 aromatic rings. The topological polar surface area (TPSA) is 68.1 Å². The molecule has 0 spiro atoms. The second-order valence-electron chi connectivity index (χ2n) is 5.13. The van der Waals surface area contributed by atoms with Crippen LogP contribution in [0.15, 0.2) is 6.20 Å². The van der Waals surface area contributed by atoms with Gasteiger partial charge in [-0.25, -0.2) is 4.98 Å². The van der Waals surface area contributed by atoms with Crippen LogP contribution in [0, 0.1) is 0 Å². The maximum Gasteiger partial charge on any atom is 0.226 e. The highest BCUT2D eigenvalue weighted by Gasteiger charge is 2.24. The third kappa shape index (κ3) is 2.04. The van der Waals surface area contributed by atoms with Gasteiger partial charge in [0.1, 0.15) is 5.82 Å². The van der Waals surface area contributed by atoms with Gasteiger partial charge >= 0.3 is 0 Å². The molecule has 7 nitrogen and oxygen atoms in total. The molecule has 8 heteroatoms. The minimum atomic E-state index is 0.125. The van der Waals surface area contributed by atoms with Crippen molar-refractivity contribution < 1.29 is 4.74 Å². The Morgan fingerprint density at radius 2 is 2.10 bits per heavy atom. The quantitative estimate of drug-likeness (QED) is 0.804. The van der Waals surface area contributed by atoms with Gasteiger partial charge in [-0.05, 0) is 18.5 Å². The van der Waals surface area contributed by atoms with Gasteiger partial charge in [0.05, 0.1) is 19.3 Å². The summed E-state index contributed by atoms with van der Waals surface area (Å²) in [4.78, 5) is 15.6. The average molecular weight is 307 g/mol. The van der Waals surface area contributed by atoms with Gasteiger partial charge in [-0.3, -0.25) is 4.57 Å². The Labute approximate surface area is 126 Å². The Kier molecular flexibility index (Phi) is 2.97. The van der Waals surface area contributed by atoms with Crippen molar-refractivity contribution in [2.75, 3.05) is 31.2 Å². The maximum absolute atomic E-state index is 6.12. The standard InChI is InChI=1S/C13H15ClN6O/c1-8-10-16-9-11(19-4-6-21-7-5-19)17-13(14)18-12(9)20(10)3-2-15-8/h2-3,8,15H,4-7H2,1H3. The van der Waals surface area contributed by atoms with Gasteiger partial charge in [0.15, 0.2) is 17.0 Å². The van der Waals surface area contributed by atoms with E-state index >= 15 is 0 Å². The molecule has 2 aliphatic heterocycles. The van der Waals surface area contributed by atoms with E-state index in [9.17, 15) is 0 Å². The lowest BCUT2D eigenvalue weighted by molar-refractivity contribution is 0.122. The number of halogens is 1. The molecule has 1 saturated heterocycles. The van der Waals surface area contributed by atoms with Crippen molar-refractivity contribution in [1.82, 2.24) is 24.8 Å². The lowest BCUT2D eigenvalue weighted by Gasteiger charge is -2.27. The lowest BCUT2D eigenvalue weighted by Crippen LogP contribution is -2.37. The number of morpholine rings is 1. The molecule has 0 bridgehead atoms. The van der Waals surface area contributed by atoms with Crippen molar-refractivity contribution in [2.45, 2.75) is 13.0 Å². The van der Waals surface area contributed by atoms with Crippen LogP contribution in [0.5, 0.6) is 0 Å². The number of hydrogen-bond acceptors (Lipinski definition) is 6. The third-order valence-electron chi connectivity index (χ3n) is 3.79. The zero-order chi connectivity index (χ0) is 14.4. The summed E-state index contributed by atoms with van der Waals surface area (Å²) in [7, 11) is 0. The minimum Gasteiger partial charge on any atom is -0.380 e. The highest BCUT2D eigenvalue weighted by Crippen LogP contribution is 2.29. The van der Waals surface area contributed by atoms with Crippen molar-refractivity contribution in [3.63, 3.8) is 0 Å². The molecule has 21 heavy (non-hydrogen) atoms. The van der Waals surface area contributed by atoms with Crippen LogP contribution >= 0.6 is 11.6 Å². The van der Waals surface area contributed by atoms with Gasteiger partial charge in [-0.15, -0.1) is 0 Å². The highest BCUT2D eigenvalue weighted by atomic mass is 35.5. The fourth-order valence-corrected chi connectivity index (χ4v) is 2.90. The Hall–Kier alpha value is -1.86. The molecule has 0 aliphatic carbocycles. The zero-order valence-electron chi connectivity index (χ0n) is 11.6. The van der Waals surface area contributed by atoms with Crippen LogP contribution in [0.1, 0.15) is 18.8 Å². The molecule has 1 N–H and O–H groups in total. The summed E-state index contributed by atoms with van der Waals surface area (Å²) in [5, 5.41) is 3.48. The van der Waals surface area contributed by atoms with Crippen LogP contribution in [0.2, 0.25) is 5.28 Å². The Bertz CT molecular complexity index is 721. The first kappa shape index (κ1) is 12.8. The van der Waals surface area contributed by atoms with Gasteiger partial charge < -0.3 is 15.0 Å². The molecule has 4 rings (SSSR count). The summed E-state index contributed by atoms with van der Waals surface area (Å²) in [6.07, 6.45) is 3.81. The SMILES string of the molecule is CC1NC=Cn2c1nc1c(N3CCOCC3)nc(Cl)nc12. The third-order valence-corrected chi connectivity index (χ3v) is 3.96. The van der Waals surface area contributed by atoms with E-state index in [-0.39, 0.29) is 11.3 Å². The van der Waals surface area contributed by atoms with Crippen LogP contribution in [0.25, 0.3) is 17.4 Å². The van der Waals surface area contributed by atoms with E-state index in [2.05, 4.69) is 27.1 Å². The number of hydrogen-bond donors (Lipinski definition) is 1. The molecule has 4 heterocycles. The summed E-state index contributed by atoms with van der Waals surface area (Å²) >= 11 is 6.12. The highest BCUT2D eigenvalue weighted by molar-refractivity contribution is 6.28. The molecular formula is C13H15ClN6O. The van der Waals surface area contributed by atoms with Crippen LogP contribution in [0.3, 0.4) is 0 Å². The van der Waals surface area contributed by atoms with Gasteiger partial charge in [0, 0.05) is 25.5 Å². The van der Waals surface area contributed by atoms with Crippen LogP contribution in [0.4, 0.5) is 5.82 Å². The fraction of sp³-hybridized carbons (Fsp3) is 0.462. The first-order valence-corrected chi connectivity index (χ1v) is 7.32. The fourth-order valence-electron chi connectivity index (χ4n) is 2.74. The van der Waals surface area contributed by atoms with E-state index in [0.717, 1.165) is 35.9 Å². The largest absolute Gasteiger partial charge is 0.380 e. The van der Waals surface area contributed by atoms with Crippen LogP contribution in [-0.2, 0) is 4.74 Å². The normalized spacial score (nSPS) is 21.4. The molecule has 1 atom stereocenters. The number of rotatable bonds is 1. The summed E-state index contributed by atoms with van der Waals surface area (Å²) in [6.45, 7) is 5.01. The average Bonchev–Trinajstić information content (AvgIpc) is 2.88. The Balaban J connectivity index is 1.93. The molecule has 0 radical (unpaired) electrons. The molecule has 1 unspecified atom stereocenters. The monoisotopic (exact) mass is 306 g/mol. The Morgan fingerprint density at radius 3 is 2.90 bits per heavy atom. The predicted octanol–water partition coefficient (Wildman–Crippen LogP) is 1.41. The van der Waals surface area contributed by atoms with Crippen LogP contribution < -0.4 is 10.2 Å². The lowest BCUT2D eigenvalue weighted by atomic mass is 10.3. The van der Waals surface area contributed by atoms with Crippen molar-refractivity contribution in [3.8, 4) is 0 Å². The summed E-state index contributed by atoms with van der Waals surface area (Å²) in [6, 6.07) is 0.125. The van der Waals surface area contributed by atoms with Gasteiger partial charge in [0.2, 0.25) is 5.28 Å². The molecule has 1 fully saturated rings.